The first-order valence-electron chi connectivity index (χ1n) is 8.18. The number of halogens is 1. The van der Waals surface area contributed by atoms with Crippen molar-refractivity contribution in [3.63, 3.8) is 0 Å². The van der Waals surface area contributed by atoms with Gasteiger partial charge in [-0.15, -0.1) is 0 Å². The Morgan fingerprint density at radius 3 is 2.30 bits per heavy atom. The van der Waals surface area contributed by atoms with Gasteiger partial charge >= 0.3 is 5.97 Å². The average molecular weight is 372 g/mol. The van der Waals surface area contributed by atoms with Crippen molar-refractivity contribution < 1.29 is 23.5 Å². The summed E-state index contributed by atoms with van der Waals surface area (Å²) in [4.78, 5) is 24.3. The fourth-order valence-electron chi connectivity index (χ4n) is 2.34. The minimum Gasteiger partial charge on any atom is -0.469 e. The van der Waals surface area contributed by atoms with Crippen molar-refractivity contribution in [1.82, 2.24) is 10.3 Å². The number of carbonyl (C=O) groups excluding carboxylic acids is 2. The Bertz CT molecular complexity index is 949. The second-order valence-corrected chi connectivity index (χ2v) is 5.67. The minimum atomic E-state index is -0.314. The lowest BCUT2D eigenvalue weighted by Crippen LogP contribution is -2.17. The number of methoxy groups -OCH3 is 1. The molecular weight excluding hydrogens is 351 g/mol. The lowest BCUT2D eigenvalue weighted by Gasteiger charge is -2.07. The number of H-pyrrole nitrogens is 1. The maximum absolute atomic E-state index is 13.4. The molecule has 0 spiro atoms. The van der Waals surface area contributed by atoms with Crippen LogP contribution < -0.4 is 10.1 Å². The number of nitrogens with one attached hydrogen (secondary N) is 2. The number of hydrogen-bond acceptors (Lipinski definition) is 4. The van der Waals surface area contributed by atoms with Gasteiger partial charge in [-0.05, 0) is 49.4 Å². The Kier molecular flexibility index (Phi) is 6.54. The molecule has 0 aliphatic rings. The van der Waals surface area contributed by atoms with Gasteiger partial charge in [0.15, 0.2) is 5.75 Å². The minimum absolute atomic E-state index is 0.156. The van der Waals surface area contributed by atoms with E-state index in [0.717, 1.165) is 11.2 Å². The summed E-state index contributed by atoms with van der Waals surface area (Å²) in [6.07, 6.45) is 0. The van der Waals surface area contributed by atoms with E-state index in [0.29, 0.717) is 22.4 Å². The molecule has 0 aliphatic heterocycles. The summed E-state index contributed by atoms with van der Waals surface area (Å²) in [6, 6.07) is 11.3. The smallest absolute Gasteiger partial charge is 0.302 e. The first kappa shape index (κ1) is 20.0. The normalized spacial score (nSPS) is 9.96. The van der Waals surface area contributed by atoms with E-state index >= 15 is 0 Å². The lowest BCUT2D eigenvalue weighted by atomic mass is 10.2. The largest absolute Gasteiger partial charge is 0.469 e. The van der Waals surface area contributed by atoms with E-state index in [2.05, 4.69) is 15.0 Å². The molecule has 0 radical (unpaired) electrons. The number of esters is 1. The molecule has 2 aromatic carbocycles. The Hall–Kier alpha value is -3.35. The lowest BCUT2D eigenvalue weighted by molar-refractivity contribution is -0.137. The van der Waals surface area contributed by atoms with E-state index in [4.69, 9.17) is 4.74 Å². The van der Waals surface area contributed by atoms with Crippen LogP contribution in [0.4, 0.5) is 4.39 Å². The van der Waals surface area contributed by atoms with Gasteiger partial charge in [0.05, 0.1) is 12.8 Å². The van der Waals surface area contributed by atoms with Gasteiger partial charge in [0, 0.05) is 30.4 Å². The van der Waals surface area contributed by atoms with Crippen molar-refractivity contribution in [1.29, 1.82) is 0 Å². The molecule has 0 saturated heterocycles. The quantitative estimate of drug-likeness (QED) is 0.682. The summed E-state index contributed by atoms with van der Waals surface area (Å²) >= 11 is 0. The first-order valence-corrected chi connectivity index (χ1v) is 8.18. The Morgan fingerprint density at radius 2 is 1.74 bits per heavy atom. The molecular formula is C20H21FN2O4. The molecule has 0 unspecified atom stereocenters. The van der Waals surface area contributed by atoms with Crippen LogP contribution in [0.3, 0.4) is 0 Å². The highest BCUT2D eigenvalue weighted by Crippen LogP contribution is 2.33. The maximum Gasteiger partial charge on any atom is 0.302 e. The van der Waals surface area contributed by atoms with Gasteiger partial charge in [0.2, 0.25) is 0 Å². The van der Waals surface area contributed by atoms with Crippen molar-refractivity contribution in [2.75, 3.05) is 14.2 Å². The summed E-state index contributed by atoms with van der Waals surface area (Å²) in [5.41, 5.74) is 2.18. The highest BCUT2D eigenvalue weighted by atomic mass is 19.1. The van der Waals surface area contributed by atoms with Crippen molar-refractivity contribution in [3.05, 3.63) is 59.5 Å². The molecule has 0 saturated carbocycles. The Labute approximate surface area is 156 Å². The van der Waals surface area contributed by atoms with Gasteiger partial charge in [-0.3, -0.25) is 9.59 Å². The number of aromatic amines is 1. The number of aryl methyl sites for hydroxylation is 1. The molecule has 0 bridgehead atoms. The number of fused-ring (bicyclic) bond motifs is 1. The van der Waals surface area contributed by atoms with E-state index in [-0.39, 0.29) is 17.7 Å². The van der Waals surface area contributed by atoms with E-state index < -0.39 is 0 Å². The molecule has 3 aromatic rings. The summed E-state index contributed by atoms with van der Waals surface area (Å²) in [7, 11) is 2.93. The van der Waals surface area contributed by atoms with E-state index in [1.165, 1.54) is 26.2 Å². The number of rotatable bonds is 3. The van der Waals surface area contributed by atoms with Crippen LogP contribution in [0.1, 0.15) is 23.0 Å². The zero-order valence-electron chi connectivity index (χ0n) is 15.6. The molecule has 27 heavy (non-hydrogen) atoms. The van der Waals surface area contributed by atoms with Crippen molar-refractivity contribution >= 4 is 22.8 Å². The molecule has 1 heterocycles. The van der Waals surface area contributed by atoms with Crippen LogP contribution >= 0.6 is 0 Å². The average Bonchev–Trinajstić information content (AvgIpc) is 2.97. The SMILES string of the molecule is CNC(=O)c1ccc(Oc2c(C)[nH]c3ccc(F)cc23)cc1.COC(C)=O. The third-order valence-electron chi connectivity index (χ3n) is 3.74. The van der Waals surface area contributed by atoms with Crippen molar-refractivity contribution in [3.8, 4) is 11.5 Å². The molecule has 3 rings (SSSR count). The van der Waals surface area contributed by atoms with Crippen LogP contribution in [0.2, 0.25) is 0 Å². The monoisotopic (exact) mass is 372 g/mol. The topological polar surface area (TPSA) is 80.4 Å². The highest BCUT2D eigenvalue weighted by molar-refractivity contribution is 5.94. The second kappa shape index (κ2) is 8.84. The van der Waals surface area contributed by atoms with Gasteiger partial charge in [-0.1, -0.05) is 0 Å². The molecule has 2 N–H and O–H groups in total. The van der Waals surface area contributed by atoms with E-state index in [1.54, 1.807) is 37.4 Å². The van der Waals surface area contributed by atoms with Crippen LogP contribution in [0.15, 0.2) is 42.5 Å². The third-order valence-corrected chi connectivity index (χ3v) is 3.74. The molecule has 1 amide bonds. The van der Waals surface area contributed by atoms with Crippen LogP contribution in [0.5, 0.6) is 11.5 Å². The van der Waals surface area contributed by atoms with Gasteiger partial charge in [0.1, 0.15) is 11.6 Å². The van der Waals surface area contributed by atoms with Crippen molar-refractivity contribution in [2.45, 2.75) is 13.8 Å². The molecule has 1 aromatic heterocycles. The predicted octanol–water partition coefficient (Wildman–Crippen LogP) is 3.95. The summed E-state index contributed by atoms with van der Waals surface area (Å²) in [6.45, 7) is 3.23. The molecule has 7 heteroatoms. The summed E-state index contributed by atoms with van der Waals surface area (Å²) < 4.78 is 23.4. The molecule has 6 nitrogen and oxygen atoms in total. The van der Waals surface area contributed by atoms with Crippen LogP contribution in [-0.4, -0.2) is 31.0 Å². The first-order chi connectivity index (χ1) is 12.8. The number of amides is 1. The number of ether oxygens (including phenoxy) is 2. The highest BCUT2D eigenvalue weighted by Gasteiger charge is 2.12. The molecule has 0 fully saturated rings. The standard InChI is InChI=1S/C17H15FN2O2.C3H6O2/c1-10-16(14-9-12(18)5-8-15(14)20-10)22-13-6-3-11(4-7-13)17(21)19-2;1-3(4)5-2/h3-9,20H,1-2H3,(H,19,21);1-2H3. The number of aromatic nitrogens is 1. The van der Waals surface area contributed by atoms with Gasteiger partial charge in [-0.2, -0.15) is 0 Å². The van der Waals surface area contributed by atoms with E-state index in [9.17, 15) is 14.0 Å². The van der Waals surface area contributed by atoms with Crippen LogP contribution in [-0.2, 0) is 9.53 Å². The number of carbonyl (C=O) groups is 2. The van der Waals surface area contributed by atoms with E-state index in [1.807, 2.05) is 6.92 Å². The number of benzene rings is 2. The predicted molar refractivity (Wildman–Crippen MR) is 101 cm³/mol. The fourth-order valence-corrected chi connectivity index (χ4v) is 2.34. The number of hydrogen-bond donors (Lipinski definition) is 2. The second-order valence-electron chi connectivity index (χ2n) is 5.67. The van der Waals surface area contributed by atoms with Crippen LogP contribution in [0.25, 0.3) is 10.9 Å². The van der Waals surface area contributed by atoms with Crippen LogP contribution in [0, 0.1) is 12.7 Å². The summed E-state index contributed by atoms with van der Waals surface area (Å²) in [5, 5.41) is 3.25. The third kappa shape index (κ3) is 5.07. The van der Waals surface area contributed by atoms with Gasteiger partial charge in [-0.25, -0.2) is 4.39 Å². The zero-order chi connectivity index (χ0) is 20.0. The summed E-state index contributed by atoms with van der Waals surface area (Å²) in [5.74, 6) is 0.455. The Balaban J connectivity index is 0.000000465. The van der Waals surface area contributed by atoms with Crippen molar-refractivity contribution in [2.24, 2.45) is 0 Å². The van der Waals surface area contributed by atoms with Gasteiger partial charge < -0.3 is 19.8 Å². The maximum atomic E-state index is 13.4. The molecule has 0 aliphatic carbocycles. The zero-order valence-corrected chi connectivity index (χ0v) is 15.6. The van der Waals surface area contributed by atoms with Gasteiger partial charge in [0.25, 0.3) is 5.91 Å². The fraction of sp³-hybridized carbons (Fsp3) is 0.200. The Morgan fingerprint density at radius 1 is 1.11 bits per heavy atom. The molecule has 0 atom stereocenters. The molecule has 142 valence electrons.